The molecule has 0 aliphatic carbocycles. The monoisotopic (exact) mass is 408 g/mol. The van der Waals surface area contributed by atoms with Crippen LogP contribution in [0.2, 0.25) is 5.02 Å². The zero-order valence-corrected chi connectivity index (χ0v) is 15.3. The van der Waals surface area contributed by atoms with Crippen LogP contribution in [0.25, 0.3) is 0 Å². The first kappa shape index (κ1) is 19.1. The van der Waals surface area contributed by atoms with E-state index in [0.29, 0.717) is 10.4 Å². The second-order valence-electron chi connectivity index (χ2n) is 5.62. The molecule has 0 bridgehead atoms. The first-order valence-corrected chi connectivity index (χ1v) is 8.99. The van der Waals surface area contributed by atoms with E-state index in [2.05, 4.69) is 10.6 Å². The second-order valence-corrected chi connectivity index (χ2v) is 6.97. The number of benzene rings is 1. The third-order valence-electron chi connectivity index (χ3n) is 3.82. The molecule has 0 radical (unpaired) electrons. The number of rotatable bonds is 5. The van der Waals surface area contributed by atoms with Gasteiger partial charge in [-0.25, -0.2) is 4.39 Å². The number of aliphatic hydroxyl groups is 1. The fourth-order valence-electron chi connectivity index (χ4n) is 2.40. The number of amides is 2. The molecule has 0 aliphatic rings. The van der Waals surface area contributed by atoms with Crippen LogP contribution < -0.4 is 10.6 Å². The topological polar surface area (TPSA) is 91.6 Å². The maximum atomic E-state index is 13.2. The Bertz CT molecular complexity index is 910. The van der Waals surface area contributed by atoms with Gasteiger partial charge in [-0.2, -0.15) is 0 Å². The number of carbonyl (C=O) groups excluding carboxylic acids is 2. The minimum atomic E-state index is -1.55. The summed E-state index contributed by atoms with van der Waals surface area (Å²) in [7, 11) is 0. The Hall–Kier alpha value is -2.68. The van der Waals surface area contributed by atoms with E-state index in [1.807, 2.05) is 0 Å². The van der Waals surface area contributed by atoms with Gasteiger partial charge in [-0.3, -0.25) is 9.59 Å². The van der Waals surface area contributed by atoms with Gasteiger partial charge in [0.1, 0.15) is 11.4 Å². The van der Waals surface area contributed by atoms with Gasteiger partial charge >= 0.3 is 11.8 Å². The van der Waals surface area contributed by atoms with Crippen LogP contribution in [0.4, 0.5) is 10.1 Å². The average molecular weight is 409 g/mol. The molecule has 0 spiro atoms. The lowest BCUT2D eigenvalue weighted by Crippen LogP contribution is -2.44. The van der Waals surface area contributed by atoms with Crippen LogP contribution in [-0.2, 0) is 15.2 Å². The SMILES string of the molecule is O=C(NC[C@@](O)(c1ccoc1)c1cccs1)C(=O)Nc1ccc(F)c(Cl)c1. The van der Waals surface area contributed by atoms with E-state index in [-0.39, 0.29) is 17.3 Å². The van der Waals surface area contributed by atoms with Gasteiger partial charge in [-0.15, -0.1) is 11.3 Å². The molecule has 0 unspecified atom stereocenters. The Morgan fingerprint density at radius 2 is 2.07 bits per heavy atom. The number of halogens is 2. The van der Waals surface area contributed by atoms with Crippen LogP contribution in [0.1, 0.15) is 10.4 Å². The number of anilines is 1. The Morgan fingerprint density at radius 1 is 1.26 bits per heavy atom. The van der Waals surface area contributed by atoms with E-state index in [4.69, 9.17) is 16.0 Å². The molecule has 0 aliphatic heterocycles. The summed E-state index contributed by atoms with van der Waals surface area (Å²) < 4.78 is 18.2. The van der Waals surface area contributed by atoms with Crippen molar-refractivity contribution >= 4 is 40.4 Å². The highest BCUT2D eigenvalue weighted by molar-refractivity contribution is 7.10. The van der Waals surface area contributed by atoms with Crippen molar-refractivity contribution < 1.29 is 23.5 Å². The van der Waals surface area contributed by atoms with E-state index in [0.717, 1.165) is 6.07 Å². The Kier molecular flexibility index (Phi) is 5.59. The largest absolute Gasteiger partial charge is 0.472 e. The number of carbonyl (C=O) groups is 2. The van der Waals surface area contributed by atoms with E-state index in [1.54, 1.807) is 23.6 Å². The minimum absolute atomic E-state index is 0.171. The van der Waals surface area contributed by atoms with Gasteiger partial charge in [-0.05, 0) is 35.7 Å². The molecule has 140 valence electrons. The summed E-state index contributed by atoms with van der Waals surface area (Å²) in [5.41, 5.74) is -0.933. The highest BCUT2D eigenvalue weighted by Gasteiger charge is 2.35. The standard InChI is InChI=1S/C18H14ClFN2O4S/c19-13-8-12(3-4-14(13)20)22-17(24)16(23)21-10-18(25,11-5-6-26-9-11)15-2-1-7-27-15/h1-9,25H,10H2,(H,21,23)(H,22,24)/t18-/m1/s1. The summed E-state index contributed by atoms with van der Waals surface area (Å²) in [4.78, 5) is 24.7. The van der Waals surface area contributed by atoms with Crippen LogP contribution in [0.15, 0.2) is 58.7 Å². The van der Waals surface area contributed by atoms with Crippen LogP contribution in [0.3, 0.4) is 0 Å². The minimum Gasteiger partial charge on any atom is -0.472 e. The quantitative estimate of drug-likeness (QED) is 0.566. The van der Waals surface area contributed by atoms with E-state index in [9.17, 15) is 19.1 Å². The van der Waals surface area contributed by atoms with Gasteiger partial charge in [0.05, 0.1) is 24.1 Å². The molecule has 2 heterocycles. The van der Waals surface area contributed by atoms with E-state index >= 15 is 0 Å². The van der Waals surface area contributed by atoms with Crippen molar-refractivity contribution in [1.29, 1.82) is 0 Å². The van der Waals surface area contributed by atoms with Gasteiger partial charge in [0.15, 0.2) is 0 Å². The molecule has 9 heteroatoms. The molecule has 0 saturated carbocycles. The molecule has 27 heavy (non-hydrogen) atoms. The molecular formula is C18H14ClFN2O4S. The van der Waals surface area contributed by atoms with Crippen LogP contribution in [0.5, 0.6) is 0 Å². The summed E-state index contributed by atoms with van der Waals surface area (Å²) in [6.45, 7) is -0.247. The van der Waals surface area contributed by atoms with Gasteiger partial charge in [-0.1, -0.05) is 17.7 Å². The molecule has 3 N–H and O–H groups in total. The molecular weight excluding hydrogens is 395 g/mol. The lowest BCUT2D eigenvalue weighted by Gasteiger charge is -2.26. The van der Waals surface area contributed by atoms with Crippen molar-refractivity contribution in [2.45, 2.75) is 5.60 Å². The second kappa shape index (κ2) is 7.91. The first-order chi connectivity index (χ1) is 12.9. The highest BCUT2D eigenvalue weighted by atomic mass is 35.5. The van der Waals surface area contributed by atoms with Gasteiger partial charge in [0.25, 0.3) is 0 Å². The predicted molar refractivity (Wildman–Crippen MR) is 99.1 cm³/mol. The number of hydrogen-bond acceptors (Lipinski definition) is 5. The highest BCUT2D eigenvalue weighted by Crippen LogP contribution is 2.32. The van der Waals surface area contributed by atoms with Crippen molar-refractivity contribution in [2.75, 3.05) is 11.9 Å². The van der Waals surface area contributed by atoms with E-state index in [1.165, 1.54) is 36.0 Å². The van der Waals surface area contributed by atoms with Crippen molar-refractivity contribution in [3.05, 3.63) is 75.6 Å². The maximum absolute atomic E-state index is 13.2. The van der Waals surface area contributed by atoms with Crippen molar-refractivity contribution in [3.8, 4) is 0 Å². The van der Waals surface area contributed by atoms with Crippen molar-refractivity contribution in [1.82, 2.24) is 5.32 Å². The first-order valence-electron chi connectivity index (χ1n) is 7.73. The summed E-state index contributed by atoms with van der Waals surface area (Å²) in [6.07, 6.45) is 2.77. The van der Waals surface area contributed by atoms with Gasteiger partial charge < -0.3 is 20.2 Å². The molecule has 6 nitrogen and oxygen atoms in total. The number of furan rings is 1. The van der Waals surface area contributed by atoms with Crippen LogP contribution in [0, 0.1) is 5.82 Å². The summed E-state index contributed by atoms with van der Waals surface area (Å²) >= 11 is 6.94. The lowest BCUT2D eigenvalue weighted by atomic mass is 9.94. The number of thiophene rings is 1. The molecule has 0 fully saturated rings. The Labute approximate surface area is 162 Å². The van der Waals surface area contributed by atoms with Gasteiger partial charge in [0.2, 0.25) is 0 Å². The average Bonchev–Trinajstić information content (AvgIpc) is 3.36. The van der Waals surface area contributed by atoms with Crippen LogP contribution >= 0.6 is 22.9 Å². The molecule has 3 rings (SSSR count). The predicted octanol–water partition coefficient (Wildman–Crippen LogP) is 3.12. The lowest BCUT2D eigenvalue weighted by molar-refractivity contribution is -0.136. The molecule has 1 atom stereocenters. The summed E-state index contributed by atoms with van der Waals surface area (Å²) in [6, 6.07) is 8.59. The number of hydrogen-bond donors (Lipinski definition) is 3. The third-order valence-corrected chi connectivity index (χ3v) is 5.13. The third kappa shape index (κ3) is 4.19. The van der Waals surface area contributed by atoms with Crippen molar-refractivity contribution in [3.63, 3.8) is 0 Å². The van der Waals surface area contributed by atoms with Gasteiger partial charge in [0, 0.05) is 16.1 Å². The fourth-order valence-corrected chi connectivity index (χ4v) is 3.42. The molecule has 2 aromatic heterocycles. The summed E-state index contributed by atoms with van der Waals surface area (Å²) in [5.74, 6) is -2.58. The Morgan fingerprint density at radius 3 is 2.70 bits per heavy atom. The summed E-state index contributed by atoms with van der Waals surface area (Å²) in [5, 5.41) is 17.4. The molecule has 3 aromatic rings. The normalized spacial score (nSPS) is 13.0. The molecule has 1 aromatic carbocycles. The van der Waals surface area contributed by atoms with Crippen molar-refractivity contribution in [2.24, 2.45) is 0 Å². The fraction of sp³-hybridized carbons (Fsp3) is 0.111. The Balaban J connectivity index is 1.69. The van der Waals surface area contributed by atoms with E-state index < -0.39 is 23.2 Å². The van der Waals surface area contributed by atoms with Crippen LogP contribution in [-0.4, -0.2) is 23.5 Å². The molecule has 2 amide bonds. The maximum Gasteiger partial charge on any atom is 0.313 e. The zero-order valence-electron chi connectivity index (χ0n) is 13.7. The molecule has 0 saturated heterocycles. The zero-order chi connectivity index (χ0) is 19.4. The number of nitrogens with one attached hydrogen (secondary N) is 2. The smallest absolute Gasteiger partial charge is 0.313 e.